The molecule has 19 heavy (non-hydrogen) atoms. The molecular formula is C13H15F3N2O. The molecule has 1 aromatic rings. The Bertz CT molecular complexity index is 448. The monoisotopic (exact) mass is 272 g/mol. The molecule has 0 radical (unpaired) electrons. The minimum Gasteiger partial charge on any atom is -0.325 e. The minimum atomic E-state index is -1.54. The summed E-state index contributed by atoms with van der Waals surface area (Å²) in [5.41, 5.74) is -0.0764. The highest BCUT2D eigenvalue weighted by Gasteiger charge is 2.20. The standard InChI is InChI=1S/C13H15F3N2O/c14-9-6-8(7-10(15)12(9)16)18-13(19)11-4-2-1-3-5-17-11/h6-7,11,17H,1-5H2,(H,18,19). The Kier molecular flexibility index (Phi) is 4.42. The molecule has 1 heterocycles. The fourth-order valence-corrected chi connectivity index (χ4v) is 2.11. The fraction of sp³-hybridized carbons (Fsp3) is 0.462. The molecule has 1 saturated heterocycles. The van der Waals surface area contributed by atoms with Crippen LogP contribution in [0.25, 0.3) is 0 Å². The topological polar surface area (TPSA) is 41.1 Å². The molecule has 1 unspecified atom stereocenters. The van der Waals surface area contributed by atoms with Crippen molar-refractivity contribution in [3.05, 3.63) is 29.6 Å². The molecule has 1 aliphatic heterocycles. The van der Waals surface area contributed by atoms with Crippen LogP contribution in [-0.2, 0) is 4.79 Å². The Balaban J connectivity index is 2.05. The number of carbonyl (C=O) groups excluding carboxylic acids is 1. The van der Waals surface area contributed by atoms with Crippen LogP contribution in [0.3, 0.4) is 0 Å². The SMILES string of the molecule is O=C(Nc1cc(F)c(F)c(F)c1)C1CCCCCN1. The molecule has 0 saturated carbocycles. The molecule has 0 bridgehead atoms. The van der Waals surface area contributed by atoms with E-state index in [-0.39, 0.29) is 17.6 Å². The Labute approximate surface area is 109 Å². The Hall–Kier alpha value is -1.56. The highest BCUT2D eigenvalue weighted by Crippen LogP contribution is 2.18. The lowest BCUT2D eigenvalue weighted by molar-refractivity contribution is -0.118. The molecule has 1 amide bonds. The second-order valence-electron chi connectivity index (χ2n) is 4.60. The van der Waals surface area contributed by atoms with Gasteiger partial charge in [-0.2, -0.15) is 0 Å². The van der Waals surface area contributed by atoms with Crippen LogP contribution in [0.2, 0.25) is 0 Å². The van der Waals surface area contributed by atoms with E-state index in [0.29, 0.717) is 6.42 Å². The van der Waals surface area contributed by atoms with Crippen LogP contribution in [0.1, 0.15) is 25.7 Å². The lowest BCUT2D eigenvalue weighted by Gasteiger charge is -2.15. The van der Waals surface area contributed by atoms with Crippen molar-refractivity contribution in [2.24, 2.45) is 0 Å². The molecule has 1 fully saturated rings. The Morgan fingerprint density at radius 1 is 1.16 bits per heavy atom. The van der Waals surface area contributed by atoms with Crippen LogP contribution in [0, 0.1) is 17.5 Å². The first-order valence-corrected chi connectivity index (χ1v) is 6.26. The van der Waals surface area contributed by atoms with E-state index >= 15 is 0 Å². The number of anilines is 1. The van der Waals surface area contributed by atoms with Gasteiger partial charge in [0.2, 0.25) is 5.91 Å². The first-order valence-electron chi connectivity index (χ1n) is 6.26. The molecule has 2 N–H and O–H groups in total. The van der Waals surface area contributed by atoms with E-state index in [4.69, 9.17) is 0 Å². The van der Waals surface area contributed by atoms with Crippen LogP contribution in [-0.4, -0.2) is 18.5 Å². The van der Waals surface area contributed by atoms with E-state index in [2.05, 4.69) is 10.6 Å². The minimum absolute atomic E-state index is 0.0764. The summed E-state index contributed by atoms with van der Waals surface area (Å²) in [5.74, 6) is -4.52. The van der Waals surface area contributed by atoms with Gasteiger partial charge in [-0.15, -0.1) is 0 Å². The summed E-state index contributed by atoms with van der Waals surface area (Å²) >= 11 is 0. The van der Waals surface area contributed by atoms with Crippen LogP contribution < -0.4 is 10.6 Å². The second-order valence-corrected chi connectivity index (χ2v) is 4.60. The highest BCUT2D eigenvalue weighted by molar-refractivity contribution is 5.94. The van der Waals surface area contributed by atoms with Crippen molar-refractivity contribution in [1.29, 1.82) is 0 Å². The molecule has 0 aliphatic carbocycles. The van der Waals surface area contributed by atoms with Crippen molar-refractivity contribution in [3.63, 3.8) is 0 Å². The van der Waals surface area contributed by atoms with E-state index in [0.717, 1.165) is 37.9 Å². The highest BCUT2D eigenvalue weighted by atomic mass is 19.2. The predicted octanol–water partition coefficient (Wildman–Crippen LogP) is 2.57. The van der Waals surface area contributed by atoms with Gasteiger partial charge in [-0.25, -0.2) is 13.2 Å². The van der Waals surface area contributed by atoms with Crippen molar-refractivity contribution in [2.45, 2.75) is 31.7 Å². The molecule has 2 rings (SSSR count). The Morgan fingerprint density at radius 2 is 1.84 bits per heavy atom. The van der Waals surface area contributed by atoms with E-state index in [1.807, 2.05) is 0 Å². The number of carbonyl (C=O) groups is 1. The average Bonchev–Trinajstić information content (AvgIpc) is 2.64. The molecule has 6 heteroatoms. The zero-order valence-corrected chi connectivity index (χ0v) is 10.3. The molecule has 1 aliphatic rings. The lowest BCUT2D eigenvalue weighted by atomic mass is 10.1. The van der Waals surface area contributed by atoms with Gasteiger partial charge in [0.15, 0.2) is 17.5 Å². The van der Waals surface area contributed by atoms with Gasteiger partial charge in [0.05, 0.1) is 6.04 Å². The molecular weight excluding hydrogens is 257 g/mol. The Morgan fingerprint density at radius 3 is 2.53 bits per heavy atom. The summed E-state index contributed by atoms with van der Waals surface area (Å²) < 4.78 is 38.8. The molecule has 0 aromatic heterocycles. The van der Waals surface area contributed by atoms with Gasteiger partial charge in [-0.3, -0.25) is 4.79 Å². The number of hydrogen-bond donors (Lipinski definition) is 2. The number of nitrogens with one attached hydrogen (secondary N) is 2. The quantitative estimate of drug-likeness (QED) is 0.812. The molecule has 0 spiro atoms. The molecule has 1 atom stereocenters. The van der Waals surface area contributed by atoms with E-state index in [1.54, 1.807) is 0 Å². The summed E-state index contributed by atoms with van der Waals surface area (Å²) in [6.45, 7) is 0.740. The lowest BCUT2D eigenvalue weighted by Crippen LogP contribution is -2.39. The first-order chi connectivity index (χ1) is 9.08. The zero-order valence-electron chi connectivity index (χ0n) is 10.3. The van der Waals surface area contributed by atoms with Crippen LogP contribution >= 0.6 is 0 Å². The molecule has 3 nitrogen and oxygen atoms in total. The van der Waals surface area contributed by atoms with E-state index in [1.165, 1.54) is 0 Å². The zero-order chi connectivity index (χ0) is 13.8. The maximum absolute atomic E-state index is 13.0. The molecule has 1 aromatic carbocycles. The summed E-state index contributed by atoms with van der Waals surface area (Å²) in [7, 11) is 0. The third-order valence-corrected chi connectivity index (χ3v) is 3.13. The van der Waals surface area contributed by atoms with E-state index < -0.39 is 17.5 Å². The first kappa shape index (κ1) is 13.9. The third-order valence-electron chi connectivity index (χ3n) is 3.13. The van der Waals surface area contributed by atoms with Gasteiger partial charge in [0, 0.05) is 17.8 Å². The van der Waals surface area contributed by atoms with Gasteiger partial charge in [0.25, 0.3) is 0 Å². The number of halogens is 3. The maximum Gasteiger partial charge on any atom is 0.241 e. The van der Waals surface area contributed by atoms with Crippen molar-refractivity contribution in [3.8, 4) is 0 Å². The van der Waals surface area contributed by atoms with Gasteiger partial charge in [-0.05, 0) is 19.4 Å². The second kappa shape index (κ2) is 6.06. The smallest absolute Gasteiger partial charge is 0.241 e. The van der Waals surface area contributed by atoms with Gasteiger partial charge >= 0.3 is 0 Å². The van der Waals surface area contributed by atoms with Gasteiger partial charge in [0.1, 0.15) is 0 Å². The van der Waals surface area contributed by atoms with Crippen molar-refractivity contribution >= 4 is 11.6 Å². The normalized spacial score (nSPS) is 19.8. The number of amides is 1. The predicted molar refractivity (Wildman–Crippen MR) is 65.2 cm³/mol. The fourth-order valence-electron chi connectivity index (χ4n) is 2.11. The van der Waals surface area contributed by atoms with Gasteiger partial charge < -0.3 is 10.6 Å². The van der Waals surface area contributed by atoms with Crippen molar-refractivity contribution in [2.75, 3.05) is 11.9 Å². The largest absolute Gasteiger partial charge is 0.325 e. The average molecular weight is 272 g/mol. The van der Waals surface area contributed by atoms with Crippen molar-refractivity contribution < 1.29 is 18.0 Å². The number of hydrogen-bond acceptors (Lipinski definition) is 2. The number of rotatable bonds is 2. The summed E-state index contributed by atoms with van der Waals surface area (Å²) in [6, 6.07) is 1.17. The van der Waals surface area contributed by atoms with Crippen LogP contribution in [0.5, 0.6) is 0 Å². The molecule has 104 valence electrons. The summed E-state index contributed by atoms with van der Waals surface area (Å²) in [4.78, 5) is 11.9. The summed E-state index contributed by atoms with van der Waals surface area (Å²) in [5, 5.41) is 5.47. The third kappa shape index (κ3) is 3.47. The van der Waals surface area contributed by atoms with Crippen molar-refractivity contribution in [1.82, 2.24) is 5.32 Å². The van der Waals surface area contributed by atoms with E-state index in [9.17, 15) is 18.0 Å². The maximum atomic E-state index is 13.0. The number of benzene rings is 1. The van der Waals surface area contributed by atoms with Crippen LogP contribution in [0.4, 0.5) is 18.9 Å². The van der Waals surface area contributed by atoms with Crippen LogP contribution in [0.15, 0.2) is 12.1 Å². The van der Waals surface area contributed by atoms with Gasteiger partial charge in [-0.1, -0.05) is 12.8 Å². The summed E-state index contributed by atoms with van der Waals surface area (Å²) in [6.07, 6.45) is 3.66.